The molecule has 3 aromatic carbocycles. The number of allylic oxidation sites excluding steroid dienone is 3. The first-order chi connectivity index (χ1) is 18.8. The number of benzene rings is 3. The van der Waals surface area contributed by atoms with E-state index in [1.54, 1.807) is 0 Å². The number of nitrogens with two attached hydrogens (primary N) is 1. The Morgan fingerprint density at radius 1 is 1.03 bits per heavy atom. The second-order valence-corrected chi connectivity index (χ2v) is 11.5. The van der Waals surface area contributed by atoms with Gasteiger partial charge in [0.15, 0.2) is 5.78 Å². The lowest BCUT2D eigenvalue weighted by molar-refractivity contribution is -0.116. The molecule has 5 heteroatoms. The van der Waals surface area contributed by atoms with Gasteiger partial charge in [-0.25, -0.2) is 0 Å². The van der Waals surface area contributed by atoms with Gasteiger partial charge in [0.2, 0.25) is 0 Å². The third kappa shape index (κ3) is 4.90. The monoisotopic (exact) mass is 533 g/mol. The second kappa shape index (κ2) is 11.2. The van der Waals surface area contributed by atoms with Crippen LogP contribution in [0.5, 0.6) is 0 Å². The van der Waals surface area contributed by atoms with Crippen molar-refractivity contribution in [2.75, 3.05) is 4.90 Å². The zero-order valence-corrected chi connectivity index (χ0v) is 24.0. The summed E-state index contributed by atoms with van der Waals surface area (Å²) in [6.45, 7) is 8.47. The molecule has 0 amide bonds. The Kier molecular flexibility index (Phi) is 7.68. The summed E-state index contributed by atoms with van der Waals surface area (Å²) in [6, 6.07) is 23.4. The highest BCUT2D eigenvalue weighted by Crippen LogP contribution is 2.48. The van der Waals surface area contributed by atoms with E-state index in [1.807, 2.05) is 34.9 Å². The summed E-state index contributed by atoms with van der Waals surface area (Å²) in [5.74, 6) is 0.922. The molecule has 0 bridgehead atoms. The van der Waals surface area contributed by atoms with Crippen LogP contribution in [-0.4, -0.2) is 5.78 Å². The van der Waals surface area contributed by atoms with Crippen molar-refractivity contribution in [1.29, 1.82) is 5.26 Å². The van der Waals surface area contributed by atoms with Crippen molar-refractivity contribution < 1.29 is 4.79 Å². The first-order valence-corrected chi connectivity index (χ1v) is 14.7. The fourth-order valence-corrected chi connectivity index (χ4v) is 7.07. The molecule has 1 unspecified atom stereocenters. The number of Topliss-reactive ketones (excluding diaryl/α,β-unsaturated/α-hetero) is 1. The Bertz CT molecular complexity index is 1560. The van der Waals surface area contributed by atoms with Gasteiger partial charge in [0.25, 0.3) is 0 Å². The quantitative estimate of drug-likeness (QED) is 0.328. The van der Waals surface area contributed by atoms with Crippen LogP contribution in [0.1, 0.15) is 65.5 Å². The van der Waals surface area contributed by atoms with Crippen LogP contribution < -0.4 is 10.6 Å². The molecule has 1 aliphatic carbocycles. The Morgan fingerprint density at radius 3 is 2.51 bits per heavy atom. The molecule has 198 valence electrons. The molecular formula is C34H35N3OS. The van der Waals surface area contributed by atoms with Gasteiger partial charge >= 0.3 is 0 Å². The SMILES string of the molecule is CCc1ccccc1N1C(N)=C(C#N)C(c2cc(C)cc(CSc3ccccc3C)c2C)C2=C1CCCC2=O. The van der Waals surface area contributed by atoms with E-state index in [2.05, 4.69) is 76.2 Å². The number of carbonyl (C=O) groups is 1. The minimum absolute atomic E-state index is 0.122. The third-order valence-electron chi connectivity index (χ3n) is 8.01. The van der Waals surface area contributed by atoms with Gasteiger partial charge in [-0.2, -0.15) is 5.26 Å². The minimum atomic E-state index is -0.454. The molecule has 0 saturated heterocycles. The highest BCUT2D eigenvalue weighted by atomic mass is 32.2. The number of rotatable bonds is 6. The van der Waals surface area contributed by atoms with Crippen molar-refractivity contribution in [3.63, 3.8) is 0 Å². The van der Waals surface area contributed by atoms with Gasteiger partial charge in [0.1, 0.15) is 5.82 Å². The van der Waals surface area contributed by atoms with Crippen LogP contribution in [0.25, 0.3) is 0 Å². The largest absolute Gasteiger partial charge is 0.384 e. The number of hydrogen-bond donors (Lipinski definition) is 1. The summed E-state index contributed by atoms with van der Waals surface area (Å²) < 4.78 is 0. The number of hydrogen-bond acceptors (Lipinski definition) is 5. The number of anilines is 1. The Morgan fingerprint density at radius 2 is 1.77 bits per heavy atom. The first kappa shape index (κ1) is 26.8. The molecule has 5 rings (SSSR count). The average molecular weight is 534 g/mol. The molecular weight excluding hydrogens is 498 g/mol. The van der Waals surface area contributed by atoms with Crippen LogP contribution in [0.15, 0.2) is 88.2 Å². The Labute approximate surface area is 236 Å². The predicted molar refractivity (Wildman–Crippen MR) is 160 cm³/mol. The zero-order valence-electron chi connectivity index (χ0n) is 23.2. The second-order valence-electron chi connectivity index (χ2n) is 10.5. The molecule has 39 heavy (non-hydrogen) atoms. The molecule has 2 N–H and O–H groups in total. The van der Waals surface area contributed by atoms with Crippen LogP contribution in [0.4, 0.5) is 5.69 Å². The topological polar surface area (TPSA) is 70.1 Å². The first-order valence-electron chi connectivity index (χ1n) is 13.7. The number of thioether (sulfide) groups is 1. The van der Waals surface area contributed by atoms with Gasteiger partial charge in [-0.15, -0.1) is 11.8 Å². The molecule has 4 nitrogen and oxygen atoms in total. The summed E-state index contributed by atoms with van der Waals surface area (Å²) in [7, 11) is 0. The zero-order chi connectivity index (χ0) is 27.7. The van der Waals surface area contributed by atoms with E-state index in [-0.39, 0.29) is 5.78 Å². The number of nitrogens with zero attached hydrogens (tertiary/aromatic N) is 2. The Hall–Kier alpha value is -3.75. The van der Waals surface area contributed by atoms with E-state index < -0.39 is 5.92 Å². The minimum Gasteiger partial charge on any atom is -0.384 e. The lowest BCUT2D eigenvalue weighted by Gasteiger charge is -2.40. The van der Waals surface area contributed by atoms with E-state index in [0.29, 0.717) is 17.8 Å². The average Bonchev–Trinajstić information content (AvgIpc) is 2.93. The molecule has 0 fully saturated rings. The van der Waals surface area contributed by atoms with Crippen molar-refractivity contribution in [2.45, 2.75) is 69.9 Å². The van der Waals surface area contributed by atoms with Gasteiger partial charge in [0.05, 0.1) is 23.2 Å². The van der Waals surface area contributed by atoms with E-state index in [9.17, 15) is 10.1 Å². The van der Waals surface area contributed by atoms with Crippen molar-refractivity contribution in [1.82, 2.24) is 0 Å². The molecule has 1 heterocycles. The molecule has 0 spiro atoms. The molecule has 1 aliphatic heterocycles. The van der Waals surface area contributed by atoms with Crippen molar-refractivity contribution >= 4 is 23.2 Å². The summed E-state index contributed by atoms with van der Waals surface area (Å²) in [5.41, 5.74) is 16.9. The number of carbonyl (C=O) groups excluding carboxylic acids is 1. The van der Waals surface area contributed by atoms with Crippen molar-refractivity contribution in [2.24, 2.45) is 5.73 Å². The predicted octanol–water partition coefficient (Wildman–Crippen LogP) is 7.77. The fraction of sp³-hybridized carbons (Fsp3) is 0.294. The highest BCUT2D eigenvalue weighted by molar-refractivity contribution is 7.98. The van der Waals surface area contributed by atoms with Gasteiger partial charge in [-0.1, -0.05) is 61.0 Å². The van der Waals surface area contributed by atoms with E-state index >= 15 is 0 Å². The van der Waals surface area contributed by atoms with Crippen molar-refractivity contribution in [3.8, 4) is 6.07 Å². The Balaban J connectivity index is 1.66. The lowest BCUT2D eigenvalue weighted by Crippen LogP contribution is -2.39. The van der Waals surface area contributed by atoms with Crippen LogP contribution in [0.3, 0.4) is 0 Å². The number of ketones is 1. The molecule has 0 saturated carbocycles. The molecule has 2 aliphatic rings. The van der Waals surface area contributed by atoms with E-state index in [4.69, 9.17) is 5.73 Å². The van der Waals surface area contributed by atoms with Gasteiger partial charge in [-0.3, -0.25) is 9.69 Å². The summed E-state index contributed by atoms with van der Waals surface area (Å²) in [6.07, 6.45) is 2.88. The smallest absolute Gasteiger partial charge is 0.161 e. The normalized spacial score (nSPS) is 17.4. The maximum absolute atomic E-state index is 13.7. The summed E-state index contributed by atoms with van der Waals surface area (Å²) >= 11 is 1.82. The maximum Gasteiger partial charge on any atom is 0.161 e. The van der Waals surface area contributed by atoms with Crippen LogP contribution in [0, 0.1) is 32.1 Å². The molecule has 1 atom stereocenters. The summed E-state index contributed by atoms with van der Waals surface area (Å²) in [5, 5.41) is 10.5. The van der Waals surface area contributed by atoms with Crippen LogP contribution in [0.2, 0.25) is 0 Å². The molecule has 0 aromatic heterocycles. The third-order valence-corrected chi connectivity index (χ3v) is 9.24. The van der Waals surface area contributed by atoms with Gasteiger partial charge in [-0.05, 0) is 80.0 Å². The molecule has 3 aromatic rings. The lowest BCUT2D eigenvalue weighted by atomic mass is 9.73. The van der Waals surface area contributed by atoms with Gasteiger partial charge in [0, 0.05) is 28.3 Å². The number of nitriles is 1. The van der Waals surface area contributed by atoms with Crippen molar-refractivity contribution in [3.05, 3.63) is 117 Å². The number of para-hydroxylation sites is 1. The standard InChI is InChI=1S/C34H35N3OS/c1-5-24-12-7-8-13-28(24)37-29-14-10-15-30(38)33(29)32(27(19-35)34(37)36)26-18-21(2)17-25(23(26)4)20-39-31-16-9-6-11-22(31)3/h6-9,11-13,16-18,32H,5,10,14-15,20,36H2,1-4H3. The maximum atomic E-state index is 13.7. The number of aryl methyl sites for hydroxylation is 3. The fourth-order valence-electron chi connectivity index (χ4n) is 5.99. The summed E-state index contributed by atoms with van der Waals surface area (Å²) in [4.78, 5) is 16.9. The van der Waals surface area contributed by atoms with Crippen LogP contribution >= 0.6 is 11.8 Å². The highest BCUT2D eigenvalue weighted by Gasteiger charge is 2.41. The van der Waals surface area contributed by atoms with Crippen LogP contribution in [-0.2, 0) is 17.0 Å². The van der Waals surface area contributed by atoms with Gasteiger partial charge < -0.3 is 5.73 Å². The molecule has 0 radical (unpaired) electrons. The van der Waals surface area contributed by atoms with E-state index in [1.165, 1.54) is 16.0 Å². The van der Waals surface area contributed by atoms with E-state index in [0.717, 1.165) is 64.2 Å².